The Morgan fingerprint density at radius 3 is 1.02 bits per heavy atom. The molecular formula is C74H138NO8P. The number of quaternary nitrogens is 1. The highest BCUT2D eigenvalue weighted by molar-refractivity contribution is 7.45. The first kappa shape index (κ1) is 81.7. The molecule has 0 saturated carbocycles. The molecular weight excluding hydrogens is 1060 g/mol. The Labute approximate surface area is 521 Å². The van der Waals surface area contributed by atoms with Gasteiger partial charge in [0.1, 0.15) is 19.8 Å². The number of carbonyl (C=O) groups excluding carboxylic acids is 2. The summed E-state index contributed by atoms with van der Waals surface area (Å²) in [6.07, 6.45) is 86.1. The lowest BCUT2D eigenvalue weighted by Gasteiger charge is -2.28. The second-order valence-corrected chi connectivity index (χ2v) is 27.0. The number of carbonyl (C=O) groups is 2. The molecule has 0 aliphatic heterocycles. The van der Waals surface area contributed by atoms with Gasteiger partial charge in [0.25, 0.3) is 7.82 Å². The zero-order valence-corrected chi connectivity index (χ0v) is 57.0. The van der Waals surface area contributed by atoms with Crippen molar-refractivity contribution in [3.8, 4) is 0 Å². The van der Waals surface area contributed by atoms with E-state index < -0.39 is 26.5 Å². The van der Waals surface area contributed by atoms with Crippen LogP contribution in [-0.2, 0) is 32.7 Å². The Bertz CT molecular complexity index is 1600. The molecule has 0 N–H and O–H groups in total. The van der Waals surface area contributed by atoms with Gasteiger partial charge in [-0.25, -0.2) is 0 Å². The molecule has 10 heteroatoms. The lowest BCUT2D eigenvalue weighted by Crippen LogP contribution is -2.37. The summed E-state index contributed by atoms with van der Waals surface area (Å²) in [6, 6.07) is 0. The van der Waals surface area contributed by atoms with Gasteiger partial charge in [-0.2, -0.15) is 0 Å². The monoisotopic (exact) mass is 1200 g/mol. The number of phosphoric ester groups is 1. The van der Waals surface area contributed by atoms with Crippen molar-refractivity contribution in [3.05, 3.63) is 60.8 Å². The van der Waals surface area contributed by atoms with Crippen LogP contribution in [0.3, 0.4) is 0 Å². The molecule has 0 aromatic rings. The molecule has 0 spiro atoms. The maximum atomic E-state index is 12.9. The third-order valence-corrected chi connectivity index (χ3v) is 17.0. The molecule has 0 aromatic heterocycles. The zero-order chi connectivity index (χ0) is 61.2. The zero-order valence-electron chi connectivity index (χ0n) is 56.1. The second kappa shape index (κ2) is 65.2. The predicted octanol–water partition coefficient (Wildman–Crippen LogP) is 22.8. The first-order valence-corrected chi connectivity index (χ1v) is 37.5. The number of allylic oxidation sites excluding steroid dienone is 10. The Morgan fingerprint density at radius 1 is 0.381 bits per heavy atom. The summed E-state index contributed by atoms with van der Waals surface area (Å²) in [5.74, 6) is -0.818. The molecule has 9 nitrogen and oxygen atoms in total. The van der Waals surface area contributed by atoms with Crippen LogP contribution >= 0.6 is 7.82 Å². The largest absolute Gasteiger partial charge is 0.756 e. The lowest BCUT2D eigenvalue weighted by molar-refractivity contribution is -0.870. The summed E-state index contributed by atoms with van der Waals surface area (Å²) in [5.41, 5.74) is 0. The van der Waals surface area contributed by atoms with Crippen molar-refractivity contribution in [1.29, 1.82) is 0 Å². The fourth-order valence-corrected chi connectivity index (χ4v) is 11.3. The number of ether oxygens (including phenoxy) is 2. The minimum absolute atomic E-state index is 0.0291. The van der Waals surface area contributed by atoms with Gasteiger partial charge in [-0.3, -0.25) is 14.2 Å². The average molecular weight is 1200 g/mol. The fraction of sp³-hybridized carbons (Fsp3) is 0.838. The van der Waals surface area contributed by atoms with E-state index in [9.17, 15) is 19.0 Å². The summed E-state index contributed by atoms with van der Waals surface area (Å²) >= 11 is 0. The van der Waals surface area contributed by atoms with Gasteiger partial charge in [0, 0.05) is 12.8 Å². The molecule has 0 aliphatic carbocycles. The van der Waals surface area contributed by atoms with Gasteiger partial charge in [0.05, 0.1) is 27.7 Å². The van der Waals surface area contributed by atoms with E-state index in [0.717, 1.165) is 57.8 Å². The van der Waals surface area contributed by atoms with Crippen LogP contribution in [0.5, 0.6) is 0 Å². The Balaban J connectivity index is 3.88. The Morgan fingerprint density at radius 2 is 0.679 bits per heavy atom. The van der Waals surface area contributed by atoms with E-state index >= 15 is 0 Å². The van der Waals surface area contributed by atoms with Crippen LogP contribution in [0, 0.1) is 0 Å². The maximum Gasteiger partial charge on any atom is 0.306 e. The number of hydrogen-bond acceptors (Lipinski definition) is 8. The second-order valence-electron chi connectivity index (χ2n) is 25.6. The van der Waals surface area contributed by atoms with Gasteiger partial charge in [0.2, 0.25) is 0 Å². The topological polar surface area (TPSA) is 111 Å². The number of nitrogens with zero attached hydrogens (tertiary/aromatic N) is 1. The summed E-state index contributed by atoms with van der Waals surface area (Å²) in [5, 5.41) is 0. The molecule has 2 atom stereocenters. The van der Waals surface area contributed by atoms with E-state index in [1.165, 1.54) is 257 Å². The first-order chi connectivity index (χ1) is 41.0. The van der Waals surface area contributed by atoms with Crippen LogP contribution in [0.4, 0.5) is 0 Å². The molecule has 0 fully saturated rings. The van der Waals surface area contributed by atoms with E-state index in [2.05, 4.69) is 74.6 Å². The van der Waals surface area contributed by atoms with Gasteiger partial charge < -0.3 is 27.9 Å². The van der Waals surface area contributed by atoms with Crippen molar-refractivity contribution >= 4 is 19.8 Å². The fourth-order valence-electron chi connectivity index (χ4n) is 10.5. The standard InChI is InChI=1S/C74H138NO8P/c1-6-8-10-12-14-16-18-20-22-24-26-27-28-29-30-31-32-33-34-35-36-37-38-39-40-41-42-43-44-45-46-47-49-51-53-55-57-59-61-63-65-67-74(77)83-72(71-82-84(78,79)81-69-68-75(3,4)5)70-80-73(76)66-64-62-60-58-56-54-52-50-48-25-23-21-19-17-15-13-11-9-7-2/h8,10,14,16,20-23,26-27,72H,6-7,9,11-13,15,17-19,24-25,28-71H2,1-5H3/b10-8-,16-14-,22-20-,23-21-,27-26-. The van der Waals surface area contributed by atoms with E-state index in [4.69, 9.17) is 18.5 Å². The quantitative estimate of drug-likeness (QED) is 0.0195. The molecule has 0 amide bonds. The summed E-state index contributed by atoms with van der Waals surface area (Å²) in [6.45, 7) is 4.17. The smallest absolute Gasteiger partial charge is 0.306 e. The van der Waals surface area contributed by atoms with Gasteiger partial charge in [-0.1, -0.05) is 319 Å². The van der Waals surface area contributed by atoms with Crippen molar-refractivity contribution in [2.24, 2.45) is 0 Å². The Kier molecular flexibility index (Phi) is 63.4. The number of unbranched alkanes of at least 4 members (excludes halogenated alkanes) is 43. The van der Waals surface area contributed by atoms with Crippen LogP contribution < -0.4 is 4.89 Å². The molecule has 0 saturated heterocycles. The van der Waals surface area contributed by atoms with Crippen LogP contribution in [0.25, 0.3) is 0 Å². The van der Waals surface area contributed by atoms with E-state index in [0.29, 0.717) is 17.4 Å². The third kappa shape index (κ3) is 68.8. The SMILES string of the molecule is CC/C=C\C/C=C\C/C=C\C/C=C\CCCCCCCCCCCCCCCCCCCCCCCCCCCCCCC(=O)OC(COC(=O)CCCCCCCCCCC/C=C\CCCCCCCC)COP(=O)([O-])OCC[N+](C)(C)C. The molecule has 0 aliphatic rings. The molecule has 84 heavy (non-hydrogen) atoms. The van der Waals surface area contributed by atoms with Crippen molar-refractivity contribution < 1.29 is 42.1 Å². The normalized spacial score (nSPS) is 13.5. The number of likely N-dealkylation sites (N-methyl/N-ethyl adjacent to an activating group) is 1. The van der Waals surface area contributed by atoms with Gasteiger partial charge in [0.15, 0.2) is 6.10 Å². The van der Waals surface area contributed by atoms with Crippen LogP contribution in [0.1, 0.15) is 348 Å². The van der Waals surface area contributed by atoms with Crippen molar-refractivity contribution in [3.63, 3.8) is 0 Å². The highest BCUT2D eigenvalue weighted by Crippen LogP contribution is 2.38. The van der Waals surface area contributed by atoms with Gasteiger partial charge in [-0.05, 0) is 77.0 Å². The number of esters is 2. The first-order valence-electron chi connectivity index (χ1n) is 36.0. The van der Waals surface area contributed by atoms with Crippen molar-refractivity contribution in [1.82, 2.24) is 0 Å². The molecule has 492 valence electrons. The van der Waals surface area contributed by atoms with Crippen LogP contribution in [0.2, 0.25) is 0 Å². The van der Waals surface area contributed by atoms with E-state index in [1.807, 2.05) is 21.1 Å². The highest BCUT2D eigenvalue weighted by Gasteiger charge is 2.22. The third-order valence-electron chi connectivity index (χ3n) is 16.0. The number of rotatable bonds is 67. The minimum Gasteiger partial charge on any atom is -0.756 e. The van der Waals surface area contributed by atoms with E-state index in [-0.39, 0.29) is 32.0 Å². The molecule has 0 radical (unpaired) electrons. The molecule has 0 rings (SSSR count). The summed E-state index contributed by atoms with van der Waals surface area (Å²) in [4.78, 5) is 38.0. The van der Waals surface area contributed by atoms with Crippen LogP contribution in [0.15, 0.2) is 60.8 Å². The number of phosphoric acid groups is 1. The van der Waals surface area contributed by atoms with Gasteiger partial charge in [-0.15, -0.1) is 0 Å². The lowest BCUT2D eigenvalue weighted by atomic mass is 10.0. The molecule has 0 aromatic carbocycles. The van der Waals surface area contributed by atoms with Gasteiger partial charge >= 0.3 is 11.9 Å². The van der Waals surface area contributed by atoms with Crippen molar-refractivity contribution in [2.75, 3.05) is 47.5 Å². The Hall–Kier alpha value is -2.29. The summed E-state index contributed by atoms with van der Waals surface area (Å²) < 4.78 is 34.3. The maximum absolute atomic E-state index is 12.9. The summed E-state index contributed by atoms with van der Waals surface area (Å²) in [7, 11) is 1.18. The van der Waals surface area contributed by atoms with Crippen molar-refractivity contribution in [2.45, 2.75) is 354 Å². The predicted molar refractivity (Wildman–Crippen MR) is 360 cm³/mol. The highest BCUT2D eigenvalue weighted by atomic mass is 31.2. The average Bonchev–Trinajstić information content (AvgIpc) is 3.61. The molecule has 0 heterocycles. The van der Waals surface area contributed by atoms with E-state index in [1.54, 1.807) is 0 Å². The minimum atomic E-state index is -4.64. The number of hydrogen-bond donors (Lipinski definition) is 0. The van der Waals surface area contributed by atoms with Crippen LogP contribution in [-0.4, -0.2) is 70.0 Å². The molecule has 2 unspecified atom stereocenters. The molecule has 0 bridgehead atoms.